The molecule has 2 heterocycles. The van der Waals surface area contributed by atoms with Gasteiger partial charge >= 0.3 is 0 Å². The van der Waals surface area contributed by atoms with Crippen LogP contribution in [0.2, 0.25) is 0 Å². The number of aromatic nitrogens is 3. The summed E-state index contributed by atoms with van der Waals surface area (Å²) in [6.07, 6.45) is -0.311. The highest BCUT2D eigenvalue weighted by atomic mass is 79.9. The molecule has 0 amide bonds. The van der Waals surface area contributed by atoms with Crippen molar-refractivity contribution in [2.75, 3.05) is 6.61 Å². The molecule has 1 aliphatic rings. The van der Waals surface area contributed by atoms with E-state index in [1.54, 1.807) is 6.07 Å². The first-order valence-corrected chi connectivity index (χ1v) is 9.74. The van der Waals surface area contributed by atoms with E-state index in [9.17, 15) is 4.39 Å². The third kappa shape index (κ3) is 3.43. The van der Waals surface area contributed by atoms with Crippen molar-refractivity contribution in [3.8, 4) is 11.5 Å². The molecule has 0 N–H and O–H groups in total. The van der Waals surface area contributed by atoms with Crippen LogP contribution in [0.25, 0.3) is 0 Å². The van der Waals surface area contributed by atoms with Gasteiger partial charge in [0.2, 0.25) is 0 Å². The minimum absolute atomic E-state index is 0.263. The highest BCUT2D eigenvalue weighted by Crippen LogP contribution is 2.36. The van der Waals surface area contributed by atoms with Gasteiger partial charge in [0.05, 0.1) is 0 Å². The first-order chi connectivity index (χ1) is 12.6. The van der Waals surface area contributed by atoms with E-state index in [1.165, 1.54) is 23.9 Å². The minimum atomic E-state index is -0.311. The van der Waals surface area contributed by atoms with Gasteiger partial charge in [0.15, 0.2) is 28.6 Å². The number of halogens is 2. The number of rotatable bonds is 4. The van der Waals surface area contributed by atoms with Crippen LogP contribution in [0.3, 0.4) is 0 Å². The molecule has 3 aromatic rings. The molecule has 0 saturated carbocycles. The van der Waals surface area contributed by atoms with Crippen LogP contribution < -0.4 is 9.47 Å². The van der Waals surface area contributed by atoms with Crippen LogP contribution in [-0.2, 0) is 12.8 Å². The first-order valence-electron chi connectivity index (χ1n) is 7.96. The quantitative estimate of drug-likeness (QED) is 0.563. The summed E-state index contributed by atoms with van der Waals surface area (Å²) in [5.41, 5.74) is 0.993. The third-order valence-corrected chi connectivity index (χ3v) is 5.84. The largest absolute Gasteiger partial charge is 0.485 e. The maximum Gasteiger partial charge on any atom is 0.192 e. The number of hydrogen-bond acceptors (Lipinski definition) is 5. The number of fused-ring (bicyclic) bond motifs is 1. The smallest absolute Gasteiger partial charge is 0.192 e. The van der Waals surface area contributed by atoms with E-state index in [0.29, 0.717) is 23.9 Å². The number of nitrogens with zero attached hydrogens (tertiary/aromatic N) is 3. The molecule has 134 valence electrons. The Hall–Kier alpha value is -2.06. The average Bonchev–Trinajstić information content (AvgIpc) is 3.01. The number of ether oxygens (including phenoxy) is 2. The van der Waals surface area contributed by atoms with Crippen LogP contribution >= 0.6 is 27.7 Å². The standard InChI is InChI=1S/C18H15BrFN3O2S/c1-23-17(16-9-24-14-4-2-3-5-15(14)25-16)21-22-18(23)26-10-11-6-7-12(20)8-13(11)19/h2-8,16H,9-10H2,1H3. The van der Waals surface area contributed by atoms with E-state index in [4.69, 9.17) is 9.47 Å². The van der Waals surface area contributed by atoms with E-state index in [2.05, 4.69) is 26.1 Å². The zero-order chi connectivity index (χ0) is 18.1. The molecule has 0 spiro atoms. The Morgan fingerprint density at radius 1 is 1.23 bits per heavy atom. The van der Waals surface area contributed by atoms with Gasteiger partial charge in [0.25, 0.3) is 0 Å². The lowest BCUT2D eigenvalue weighted by Gasteiger charge is -2.25. The summed E-state index contributed by atoms with van der Waals surface area (Å²) in [6, 6.07) is 12.2. The van der Waals surface area contributed by atoms with Crippen LogP contribution in [0.15, 0.2) is 52.1 Å². The zero-order valence-electron chi connectivity index (χ0n) is 13.9. The molecule has 1 atom stereocenters. The van der Waals surface area contributed by atoms with Crippen LogP contribution in [0.1, 0.15) is 17.5 Å². The number of para-hydroxylation sites is 2. The maximum absolute atomic E-state index is 13.2. The normalized spacial score (nSPS) is 15.9. The van der Waals surface area contributed by atoms with Crippen molar-refractivity contribution in [1.29, 1.82) is 0 Å². The Balaban J connectivity index is 1.48. The molecule has 4 rings (SSSR count). The molecule has 0 fully saturated rings. The van der Waals surface area contributed by atoms with Crippen molar-refractivity contribution in [2.24, 2.45) is 7.05 Å². The third-order valence-electron chi connectivity index (χ3n) is 4.04. The summed E-state index contributed by atoms with van der Waals surface area (Å²) in [4.78, 5) is 0. The second-order valence-corrected chi connectivity index (χ2v) is 7.59. The fourth-order valence-electron chi connectivity index (χ4n) is 2.66. The molecule has 8 heteroatoms. The fraction of sp³-hybridized carbons (Fsp3) is 0.222. The molecule has 26 heavy (non-hydrogen) atoms. The average molecular weight is 436 g/mol. The van der Waals surface area contributed by atoms with Gasteiger partial charge < -0.3 is 14.0 Å². The number of hydrogen-bond donors (Lipinski definition) is 0. The van der Waals surface area contributed by atoms with Crippen LogP contribution in [-0.4, -0.2) is 21.4 Å². The fourth-order valence-corrected chi connectivity index (χ4v) is 4.26. The molecule has 5 nitrogen and oxygen atoms in total. The van der Waals surface area contributed by atoms with Crippen molar-refractivity contribution in [1.82, 2.24) is 14.8 Å². The second kappa shape index (κ2) is 7.28. The van der Waals surface area contributed by atoms with Crippen LogP contribution in [0, 0.1) is 5.82 Å². The van der Waals surface area contributed by atoms with E-state index in [-0.39, 0.29) is 11.9 Å². The lowest BCUT2D eigenvalue weighted by atomic mass is 10.2. The molecule has 1 aliphatic heterocycles. The summed E-state index contributed by atoms with van der Waals surface area (Å²) in [7, 11) is 1.90. The van der Waals surface area contributed by atoms with Gasteiger partial charge in [-0.3, -0.25) is 0 Å². The lowest BCUT2D eigenvalue weighted by molar-refractivity contribution is 0.0825. The number of benzene rings is 2. The highest BCUT2D eigenvalue weighted by Gasteiger charge is 2.27. The Labute approximate surface area is 162 Å². The highest BCUT2D eigenvalue weighted by molar-refractivity contribution is 9.10. The van der Waals surface area contributed by atoms with E-state index in [0.717, 1.165) is 20.9 Å². The predicted octanol–water partition coefficient (Wildman–Crippen LogP) is 4.52. The summed E-state index contributed by atoms with van der Waals surface area (Å²) in [5, 5.41) is 9.30. The molecule has 0 bridgehead atoms. The Morgan fingerprint density at radius 3 is 2.85 bits per heavy atom. The summed E-state index contributed by atoms with van der Waals surface area (Å²) < 4.78 is 27.6. The van der Waals surface area contributed by atoms with Gasteiger partial charge in [-0.05, 0) is 29.8 Å². The molecule has 1 aromatic heterocycles. The van der Waals surface area contributed by atoms with Gasteiger partial charge in [-0.15, -0.1) is 10.2 Å². The molecular weight excluding hydrogens is 421 g/mol. The Kier molecular flexibility index (Phi) is 4.86. The summed E-state index contributed by atoms with van der Waals surface area (Å²) in [5.74, 6) is 2.54. The van der Waals surface area contributed by atoms with Gasteiger partial charge in [0, 0.05) is 17.3 Å². The topological polar surface area (TPSA) is 49.2 Å². The number of thioether (sulfide) groups is 1. The molecule has 0 radical (unpaired) electrons. The Morgan fingerprint density at radius 2 is 2.04 bits per heavy atom. The Bertz CT molecular complexity index is 950. The van der Waals surface area contributed by atoms with Gasteiger partial charge in [0.1, 0.15) is 12.4 Å². The van der Waals surface area contributed by atoms with Crippen LogP contribution in [0.4, 0.5) is 4.39 Å². The van der Waals surface area contributed by atoms with Gasteiger partial charge in [-0.2, -0.15) is 0 Å². The van der Waals surface area contributed by atoms with Crippen molar-refractivity contribution in [3.63, 3.8) is 0 Å². The summed E-state index contributed by atoms with van der Waals surface area (Å²) in [6.45, 7) is 0.386. The SMILES string of the molecule is Cn1c(SCc2ccc(F)cc2Br)nnc1C1COc2ccccc2O1. The van der Waals surface area contributed by atoms with Crippen molar-refractivity contribution < 1.29 is 13.9 Å². The maximum atomic E-state index is 13.2. The summed E-state index contributed by atoms with van der Waals surface area (Å²) >= 11 is 4.92. The van der Waals surface area contributed by atoms with E-state index in [1.807, 2.05) is 35.9 Å². The predicted molar refractivity (Wildman–Crippen MR) is 100.0 cm³/mol. The van der Waals surface area contributed by atoms with Crippen molar-refractivity contribution >= 4 is 27.7 Å². The van der Waals surface area contributed by atoms with Crippen molar-refractivity contribution in [3.05, 3.63) is 64.1 Å². The lowest BCUT2D eigenvalue weighted by Crippen LogP contribution is -2.24. The monoisotopic (exact) mass is 435 g/mol. The minimum Gasteiger partial charge on any atom is -0.485 e. The molecular formula is C18H15BrFN3O2S. The molecule has 0 aliphatic carbocycles. The van der Waals surface area contributed by atoms with Gasteiger partial charge in [-0.25, -0.2) is 4.39 Å². The zero-order valence-corrected chi connectivity index (χ0v) is 16.3. The van der Waals surface area contributed by atoms with Gasteiger partial charge in [-0.1, -0.05) is 45.9 Å². The molecule has 2 aromatic carbocycles. The second-order valence-electron chi connectivity index (χ2n) is 5.79. The molecule has 1 unspecified atom stereocenters. The van der Waals surface area contributed by atoms with E-state index >= 15 is 0 Å². The van der Waals surface area contributed by atoms with Crippen molar-refractivity contribution in [2.45, 2.75) is 17.0 Å². The first kappa shape index (κ1) is 17.4. The van der Waals surface area contributed by atoms with E-state index < -0.39 is 0 Å². The van der Waals surface area contributed by atoms with Crippen LogP contribution in [0.5, 0.6) is 11.5 Å². The molecule has 0 saturated heterocycles.